The maximum atomic E-state index is 13.2. The Hall–Kier alpha value is -4.42. The standard InChI is InChI=1S/C35H46N6O6/c1-20(42)37-28-27(24(35(2,3)4)18-23(32(36)43)31(28)47-7)26-22-11-8-10-21(29(22)39(6)30(26)34(45)46)19-40-14-16-41(17-15-40)33(44)25-12-9-13-38(25)5/h8,10-11,18,25H,9,12-17,19H2,1-7H3,(H2,36,43)(H,37,42)(H,45,46). The van der Waals surface area contributed by atoms with E-state index < -0.39 is 23.2 Å². The molecule has 0 bridgehead atoms. The van der Waals surface area contributed by atoms with Crippen LogP contribution in [0, 0.1) is 0 Å². The number of hydrogen-bond donors (Lipinski definition) is 3. The van der Waals surface area contributed by atoms with Crippen molar-refractivity contribution < 1.29 is 29.0 Å². The fourth-order valence-corrected chi connectivity index (χ4v) is 7.23. The van der Waals surface area contributed by atoms with Crippen molar-refractivity contribution in [3.63, 3.8) is 0 Å². The number of methoxy groups -OCH3 is 1. The molecule has 5 rings (SSSR count). The number of carbonyl (C=O) groups excluding carboxylic acids is 3. The molecule has 2 saturated heterocycles. The summed E-state index contributed by atoms with van der Waals surface area (Å²) in [5, 5.41) is 14.2. The highest BCUT2D eigenvalue weighted by Crippen LogP contribution is 2.49. The van der Waals surface area contributed by atoms with Crippen LogP contribution in [-0.2, 0) is 28.6 Å². The van der Waals surface area contributed by atoms with Crippen molar-refractivity contribution in [2.75, 3.05) is 52.2 Å². The summed E-state index contributed by atoms with van der Waals surface area (Å²) in [4.78, 5) is 57.9. The number of rotatable bonds is 8. The van der Waals surface area contributed by atoms with E-state index in [9.17, 15) is 24.3 Å². The molecule has 0 saturated carbocycles. The Balaban J connectivity index is 1.64. The van der Waals surface area contributed by atoms with Crippen LogP contribution in [-0.4, -0.2) is 101 Å². The summed E-state index contributed by atoms with van der Waals surface area (Å²) in [6, 6.07) is 7.39. The van der Waals surface area contributed by atoms with Crippen molar-refractivity contribution in [3.8, 4) is 16.9 Å². The van der Waals surface area contributed by atoms with Crippen LogP contribution in [0.1, 0.15) is 72.5 Å². The fraction of sp³-hybridized carbons (Fsp3) is 0.486. The third-order valence-corrected chi connectivity index (χ3v) is 9.49. The smallest absolute Gasteiger partial charge is 0.353 e. The van der Waals surface area contributed by atoms with Crippen LogP contribution in [0.3, 0.4) is 0 Å². The number of aromatic carboxylic acids is 1. The van der Waals surface area contributed by atoms with E-state index in [1.165, 1.54) is 14.0 Å². The average molecular weight is 647 g/mol. The van der Waals surface area contributed by atoms with Crippen LogP contribution < -0.4 is 15.8 Å². The van der Waals surface area contributed by atoms with Gasteiger partial charge < -0.3 is 30.4 Å². The predicted molar refractivity (Wildman–Crippen MR) is 181 cm³/mol. The Kier molecular flexibility index (Phi) is 9.38. The summed E-state index contributed by atoms with van der Waals surface area (Å²) in [6.45, 7) is 11.4. The first-order valence-electron chi connectivity index (χ1n) is 16.0. The Morgan fingerprint density at radius 2 is 1.72 bits per heavy atom. The molecule has 3 heterocycles. The Morgan fingerprint density at radius 1 is 1.04 bits per heavy atom. The number of nitrogens with two attached hydrogens (primary N) is 1. The van der Waals surface area contributed by atoms with Gasteiger partial charge in [-0.25, -0.2) is 4.79 Å². The van der Waals surface area contributed by atoms with Crippen LogP contribution in [0.5, 0.6) is 5.75 Å². The number of nitrogens with one attached hydrogen (secondary N) is 1. The number of hydrogen-bond acceptors (Lipinski definition) is 7. The number of likely N-dealkylation sites (tertiary alicyclic amines) is 1. The zero-order valence-electron chi connectivity index (χ0n) is 28.4. The summed E-state index contributed by atoms with van der Waals surface area (Å²) in [5.74, 6) is -2.02. The SMILES string of the molecule is COc1c(C(N)=O)cc(C(C)(C)C)c(-c2c(C(=O)O)n(C)c3c(CN4CCN(C(=O)C5CCCN5C)CC4)cccc23)c1NC(C)=O. The van der Waals surface area contributed by atoms with Gasteiger partial charge in [0.05, 0.1) is 29.9 Å². The largest absolute Gasteiger partial charge is 0.494 e. The molecule has 0 radical (unpaired) electrons. The number of fused-ring (bicyclic) bond motifs is 1. The first kappa shape index (κ1) is 33.9. The molecule has 2 aliphatic rings. The number of carboxylic acid groups (broad SMARTS) is 1. The van der Waals surface area contributed by atoms with Crippen LogP contribution in [0.25, 0.3) is 22.0 Å². The highest BCUT2D eigenvalue weighted by atomic mass is 16.5. The average Bonchev–Trinajstić information content (AvgIpc) is 3.56. The van der Waals surface area contributed by atoms with Gasteiger partial charge in [-0.15, -0.1) is 0 Å². The van der Waals surface area contributed by atoms with Crippen molar-refractivity contribution in [2.45, 2.75) is 58.5 Å². The van der Waals surface area contributed by atoms with Gasteiger partial charge in [0.15, 0.2) is 5.75 Å². The van der Waals surface area contributed by atoms with E-state index in [1.807, 2.05) is 50.9 Å². The van der Waals surface area contributed by atoms with Gasteiger partial charge in [-0.1, -0.05) is 39.0 Å². The van der Waals surface area contributed by atoms with E-state index in [-0.39, 0.29) is 34.6 Å². The number of carbonyl (C=O) groups is 4. The number of aromatic nitrogens is 1. The molecule has 12 nitrogen and oxygen atoms in total. The molecule has 4 N–H and O–H groups in total. The summed E-state index contributed by atoms with van der Waals surface area (Å²) in [7, 11) is 5.13. The van der Waals surface area contributed by atoms with Crippen LogP contribution in [0.2, 0.25) is 0 Å². The Morgan fingerprint density at radius 3 is 2.26 bits per heavy atom. The number of piperazine rings is 1. The van der Waals surface area contributed by atoms with E-state index in [0.717, 1.165) is 30.5 Å². The lowest BCUT2D eigenvalue weighted by Crippen LogP contribution is -2.52. The van der Waals surface area contributed by atoms with Crippen LogP contribution >= 0.6 is 0 Å². The highest BCUT2D eigenvalue weighted by molar-refractivity contribution is 6.14. The fourth-order valence-electron chi connectivity index (χ4n) is 7.23. The van der Waals surface area contributed by atoms with E-state index in [1.54, 1.807) is 17.7 Å². The van der Waals surface area contributed by atoms with Gasteiger partial charge in [0.2, 0.25) is 11.8 Å². The lowest BCUT2D eigenvalue weighted by molar-refractivity contribution is -0.137. The molecule has 0 aliphatic carbocycles. The van der Waals surface area contributed by atoms with Crippen molar-refractivity contribution in [2.24, 2.45) is 12.8 Å². The minimum absolute atomic E-state index is 0.0366. The maximum Gasteiger partial charge on any atom is 0.353 e. The molecule has 1 atom stereocenters. The maximum absolute atomic E-state index is 13.2. The van der Waals surface area contributed by atoms with Gasteiger partial charge in [0.25, 0.3) is 5.91 Å². The molecule has 1 aromatic heterocycles. The number of likely N-dealkylation sites (N-methyl/N-ethyl adjacent to an activating group) is 1. The molecule has 2 aliphatic heterocycles. The highest BCUT2D eigenvalue weighted by Gasteiger charge is 2.35. The molecule has 1 unspecified atom stereocenters. The van der Waals surface area contributed by atoms with Crippen LogP contribution in [0.4, 0.5) is 5.69 Å². The Labute approximate surface area is 275 Å². The molecular weight excluding hydrogens is 600 g/mol. The zero-order chi connectivity index (χ0) is 34.4. The zero-order valence-corrected chi connectivity index (χ0v) is 28.4. The molecule has 3 amide bonds. The number of aryl methyl sites for hydroxylation is 1. The van der Waals surface area contributed by atoms with E-state index in [4.69, 9.17) is 10.5 Å². The molecule has 3 aromatic rings. The number of benzene rings is 2. The number of para-hydroxylation sites is 1. The first-order chi connectivity index (χ1) is 22.1. The quantitative estimate of drug-likeness (QED) is 0.336. The predicted octanol–water partition coefficient (Wildman–Crippen LogP) is 3.65. The minimum atomic E-state index is -1.14. The third-order valence-electron chi connectivity index (χ3n) is 9.49. The lowest BCUT2D eigenvalue weighted by atomic mass is 9.79. The second-order valence-corrected chi connectivity index (χ2v) is 13.7. The summed E-state index contributed by atoms with van der Waals surface area (Å²) in [5.41, 5.74) is 8.67. The monoisotopic (exact) mass is 646 g/mol. The van der Waals surface area contributed by atoms with Gasteiger partial charge in [0.1, 0.15) is 5.69 Å². The van der Waals surface area contributed by atoms with Crippen molar-refractivity contribution in [1.82, 2.24) is 19.3 Å². The normalized spacial score (nSPS) is 17.7. The van der Waals surface area contributed by atoms with Crippen molar-refractivity contribution in [1.29, 1.82) is 0 Å². The first-order valence-corrected chi connectivity index (χ1v) is 16.0. The molecule has 0 spiro atoms. The van der Waals surface area contributed by atoms with E-state index in [0.29, 0.717) is 54.8 Å². The van der Waals surface area contributed by atoms with Gasteiger partial charge >= 0.3 is 5.97 Å². The van der Waals surface area contributed by atoms with Crippen molar-refractivity contribution >= 4 is 40.3 Å². The topological polar surface area (TPSA) is 150 Å². The summed E-state index contributed by atoms with van der Waals surface area (Å²) < 4.78 is 7.36. The van der Waals surface area contributed by atoms with E-state index in [2.05, 4.69) is 15.1 Å². The number of carboxylic acids is 1. The van der Waals surface area contributed by atoms with Crippen molar-refractivity contribution in [3.05, 3.63) is 46.6 Å². The van der Waals surface area contributed by atoms with Gasteiger partial charge in [-0.3, -0.25) is 24.2 Å². The van der Waals surface area contributed by atoms with E-state index >= 15 is 0 Å². The van der Waals surface area contributed by atoms with Gasteiger partial charge in [-0.2, -0.15) is 0 Å². The second kappa shape index (κ2) is 13.0. The molecule has 252 valence electrons. The molecule has 2 aromatic carbocycles. The van der Waals surface area contributed by atoms with Crippen LogP contribution in [0.15, 0.2) is 24.3 Å². The third kappa shape index (κ3) is 6.31. The van der Waals surface area contributed by atoms with Gasteiger partial charge in [0, 0.05) is 63.2 Å². The number of amides is 3. The molecule has 2 fully saturated rings. The molecule has 12 heteroatoms. The number of primary amides is 1. The van der Waals surface area contributed by atoms with Gasteiger partial charge in [-0.05, 0) is 49.0 Å². The number of anilines is 1. The minimum Gasteiger partial charge on any atom is -0.494 e. The molecule has 47 heavy (non-hydrogen) atoms. The summed E-state index contributed by atoms with van der Waals surface area (Å²) in [6.07, 6.45) is 1.94. The number of nitrogens with zero attached hydrogens (tertiary/aromatic N) is 4. The lowest BCUT2D eigenvalue weighted by Gasteiger charge is -2.37. The number of ether oxygens (including phenoxy) is 1. The molecular formula is C35H46N6O6. The second-order valence-electron chi connectivity index (χ2n) is 13.7. The summed E-state index contributed by atoms with van der Waals surface area (Å²) >= 11 is 0. The Bertz CT molecular complexity index is 1750.